The highest BCUT2D eigenvalue weighted by Crippen LogP contribution is 2.24. The Morgan fingerprint density at radius 3 is 2.67 bits per heavy atom. The van der Waals surface area contributed by atoms with E-state index in [0.29, 0.717) is 11.7 Å². The van der Waals surface area contributed by atoms with E-state index in [-0.39, 0.29) is 5.82 Å². The number of nitrogens with zero attached hydrogens (tertiary/aromatic N) is 1. The molecule has 0 aromatic heterocycles. The molecule has 0 N–H and O–H groups in total. The van der Waals surface area contributed by atoms with Crippen molar-refractivity contribution in [1.82, 2.24) is 4.90 Å². The largest absolute Gasteiger partial charge is 0.381 e. The summed E-state index contributed by atoms with van der Waals surface area (Å²) in [5.74, 6) is -0.125. The van der Waals surface area contributed by atoms with Crippen molar-refractivity contribution in [1.29, 1.82) is 0 Å². The van der Waals surface area contributed by atoms with Crippen LogP contribution in [0.3, 0.4) is 0 Å². The molecule has 0 bridgehead atoms. The molecule has 1 aliphatic rings. The van der Waals surface area contributed by atoms with Gasteiger partial charge in [-0.05, 0) is 43.0 Å². The number of rotatable bonds is 3. The van der Waals surface area contributed by atoms with E-state index >= 15 is 0 Å². The maximum Gasteiger partial charge on any atom is 0.126 e. The van der Waals surface area contributed by atoms with Crippen molar-refractivity contribution in [3.05, 3.63) is 33.5 Å². The lowest BCUT2D eigenvalue weighted by atomic mass is 10.1. The lowest BCUT2D eigenvalue weighted by Gasteiger charge is -2.31. The Bertz CT molecular complexity index is 417. The number of likely N-dealkylation sites (tertiary alicyclic amines) is 1. The van der Waals surface area contributed by atoms with Crippen LogP contribution in [0.1, 0.15) is 24.0 Å². The molecule has 2 rings (SSSR count). The van der Waals surface area contributed by atoms with Gasteiger partial charge in [0.15, 0.2) is 0 Å². The standard InChI is InChI=1S/C14H19BrFNO/c1-10-7-13(15)11(8-14(10)16)9-17-5-3-12(18-2)4-6-17/h7-8,12H,3-6,9H2,1-2H3. The number of hydrogen-bond donors (Lipinski definition) is 0. The molecule has 1 aromatic carbocycles. The maximum atomic E-state index is 13.6. The van der Waals surface area contributed by atoms with Gasteiger partial charge in [0.05, 0.1) is 6.10 Å². The highest BCUT2D eigenvalue weighted by molar-refractivity contribution is 9.10. The first-order valence-electron chi connectivity index (χ1n) is 6.30. The summed E-state index contributed by atoms with van der Waals surface area (Å²) < 4.78 is 19.9. The van der Waals surface area contributed by atoms with Gasteiger partial charge in [-0.1, -0.05) is 15.9 Å². The number of ether oxygens (including phenoxy) is 1. The maximum absolute atomic E-state index is 13.6. The van der Waals surface area contributed by atoms with Crippen molar-refractivity contribution in [2.75, 3.05) is 20.2 Å². The summed E-state index contributed by atoms with van der Waals surface area (Å²) in [7, 11) is 1.77. The fourth-order valence-electron chi connectivity index (χ4n) is 2.35. The molecule has 1 fully saturated rings. The average molecular weight is 316 g/mol. The number of piperidine rings is 1. The van der Waals surface area contributed by atoms with Gasteiger partial charge in [0, 0.05) is 31.2 Å². The first-order valence-corrected chi connectivity index (χ1v) is 7.09. The van der Waals surface area contributed by atoms with Crippen molar-refractivity contribution < 1.29 is 9.13 Å². The van der Waals surface area contributed by atoms with Gasteiger partial charge >= 0.3 is 0 Å². The molecule has 0 unspecified atom stereocenters. The first kappa shape index (κ1) is 14.0. The van der Waals surface area contributed by atoms with Crippen LogP contribution in [0.2, 0.25) is 0 Å². The van der Waals surface area contributed by atoms with Gasteiger partial charge in [-0.15, -0.1) is 0 Å². The smallest absolute Gasteiger partial charge is 0.126 e. The van der Waals surface area contributed by atoms with Gasteiger partial charge in [0.1, 0.15) is 5.82 Å². The fraction of sp³-hybridized carbons (Fsp3) is 0.571. The van der Waals surface area contributed by atoms with Crippen LogP contribution in [0.15, 0.2) is 16.6 Å². The summed E-state index contributed by atoms with van der Waals surface area (Å²) in [6.45, 7) is 4.61. The molecule has 0 atom stereocenters. The van der Waals surface area contributed by atoms with Gasteiger partial charge in [0.25, 0.3) is 0 Å². The van der Waals surface area contributed by atoms with Crippen LogP contribution in [0.25, 0.3) is 0 Å². The monoisotopic (exact) mass is 315 g/mol. The number of methoxy groups -OCH3 is 1. The Labute approximate surface area is 116 Å². The quantitative estimate of drug-likeness (QED) is 0.846. The third-order valence-electron chi connectivity index (χ3n) is 3.59. The van der Waals surface area contributed by atoms with Gasteiger partial charge in [-0.25, -0.2) is 4.39 Å². The molecule has 0 aliphatic carbocycles. The minimum Gasteiger partial charge on any atom is -0.381 e. The van der Waals surface area contributed by atoms with Gasteiger partial charge in [0.2, 0.25) is 0 Å². The van der Waals surface area contributed by atoms with Crippen LogP contribution in [-0.2, 0) is 11.3 Å². The molecule has 1 heterocycles. The molecule has 1 aliphatic heterocycles. The van der Waals surface area contributed by atoms with E-state index < -0.39 is 0 Å². The molecule has 2 nitrogen and oxygen atoms in total. The van der Waals surface area contributed by atoms with E-state index in [2.05, 4.69) is 20.8 Å². The van der Waals surface area contributed by atoms with E-state index in [1.54, 1.807) is 20.1 Å². The first-order chi connectivity index (χ1) is 8.60. The van der Waals surface area contributed by atoms with Crippen molar-refractivity contribution >= 4 is 15.9 Å². The molecule has 4 heteroatoms. The number of aryl methyl sites for hydroxylation is 1. The minimum atomic E-state index is -0.125. The third-order valence-corrected chi connectivity index (χ3v) is 4.33. The van der Waals surface area contributed by atoms with Crippen molar-refractivity contribution in [3.8, 4) is 0 Å². The Morgan fingerprint density at radius 1 is 1.39 bits per heavy atom. The summed E-state index contributed by atoms with van der Waals surface area (Å²) in [5.41, 5.74) is 1.71. The van der Waals surface area contributed by atoms with Crippen LogP contribution >= 0.6 is 15.9 Å². The molecular weight excluding hydrogens is 297 g/mol. The molecule has 0 amide bonds. The van der Waals surface area contributed by atoms with Crippen LogP contribution < -0.4 is 0 Å². The van der Waals surface area contributed by atoms with E-state index in [9.17, 15) is 4.39 Å². The summed E-state index contributed by atoms with van der Waals surface area (Å²) in [6, 6.07) is 3.49. The highest BCUT2D eigenvalue weighted by atomic mass is 79.9. The zero-order valence-electron chi connectivity index (χ0n) is 10.9. The molecule has 18 heavy (non-hydrogen) atoms. The van der Waals surface area contributed by atoms with Crippen molar-refractivity contribution in [2.24, 2.45) is 0 Å². The summed E-state index contributed by atoms with van der Waals surface area (Å²) >= 11 is 3.52. The Morgan fingerprint density at radius 2 is 2.06 bits per heavy atom. The zero-order chi connectivity index (χ0) is 13.1. The van der Waals surface area contributed by atoms with Crippen LogP contribution in [0.4, 0.5) is 4.39 Å². The Hall–Kier alpha value is -0.450. The van der Waals surface area contributed by atoms with E-state index in [0.717, 1.165) is 42.5 Å². The lowest BCUT2D eigenvalue weighted by Crippen LogP contribution is -2.36. The Balaban J connectivity index is 2.00. The van der Waals surface area contributed by atoms with E-state index in [1.165, 1.54) is 0 Å². The molecule has 1 saturated heterocycles. The highest BCUT2D eigenvalue weighted by Gasteiger charge is 2.19. The second kappa shape index (κ2) is 6.13. The second-order valence-corrected chi connectivity index (χ2v) is 5.76. The van der Waals surface area contributed by atoms with Gasteiger partial charge in [-0.2, -0.15) is 0 Å². The molecular formula is C14H19BrFNO. The number of benzene rings is 1. The predicted octanol–water partition coefficient (Wildman–Crippen LogP) is 3.51. The minimum absolute atomic E-state index is 0.125. The third kappa shape index (κ3) is 3.31. The van der Waals surface area contributed by atoms with Crippen molar-refractivity contribution in [2.45, 2.75) is 32.4 Å². The molecule has 100 valence electrons. The van der Waals surface area contributed by atoms with E-state index in [4.69, 9.17) is 4.74 Å². The molecule has 0 radical (unpaired) electrons. The van der Waals surface area contributed by atoms with E-state index in [1.807, 2.05) is 6.07 Å². The normalized spacial score (nSPS) is 18.2. The lowest BCUT2D eigenvalue weighted by molar-refractivity contribution is 0.0388. The van der Waals surface area contributed by atoms with Crippen LogP contribution in [0, 0.1) is 12.7 Å². The molecule has 1 aromatic rings. The average Bonchev–Trinajstić information content (AvgIpc) is 2.37. The van der Waals surface area contributed by atoms with Gasteiger partial charge < -0.3 is 4.74 Å². The predicted molar refractivity (Wildman–Crippen MR) is 74.1 cm³/mol. The van der Waals surface area contributed by atoms with Crippen molar-refractivity contribution in [3.63, 3.8) is 0 Å². The summed E-state index contributed by atoms with van der Waals surface area (Å²) in [5, 5.41) is 0. The Kier molecular flexibility index (Phi) is 4.76. The topological polar surface area (TPSA) is 12.5 Å². The number of hydrogen-bond acceptors (Lipinski definition) is 2. The number of halogens is 2. The zero-order valence-corrected chi connectivity index (χ0v) is 12.5. The molecule has 0 saturated carbocycles. The SMILES string of the molecule is COC1CCN(Cc2cc(F)c(C)cc2Br)CC1. The summed E-state index contributed by atoms with van der Waals surface area (Å²) in [6.07, 6.45) is 2.50. The van der Waals surface area contributed by atoms with Crippen LogP contribution in [-0.4, -0.2) is 31.2 Å². The second-order valence-electron chi connectivity index (χ2n) is 4.90. The van der Waals surface area contributed by atoms with Gasteiger partial charge in [-0.3, -0.25) is 4.90 Å². The fourth-order valence-corrected chi connectivity index (χ4v) is 2.94. The van der Waals surface area contributed by atoms with Crippen LogP contribution in [0.5, 0.6) is 0 Å². The molecule has 0 spiro atoms. The summed E-state index contributed by atoms with van der Waals surface area (Å²) in [4.78, 5) is 2.35.